The number of nitrogens with zero attached hydrogens (tertiary/aromatic N) is 1. The van der Waals surface area contributed by atoms with Crippen molar-refractivity contribution in [2.75, 3.05) is 13.2 Å². The van der Waals surface area contributed by atoms with Gasteiger partial charge in [-0.05, 0) is 23.8 Å². The Morgan fingerprint density at radius 1 is 1.17 bits per heavy atom. The molecular formula is C17H14Cl2N2O2. The number of ether oxygens (including phenoxy) is 1. The summed E-state index contributed by atoms with van der Waals surface area (Å²) in [5.41, 5.74) is 2.68. The van der Waals surface area contributed by atoms with E-state index < -0.39 is 5.97 Å². The number of halogens is 2. The third-order valence-electron chi connectivity index (χ3n) is 3.46. The molecule has 1 N–H and O–H groups in total. The number of hydrogen-bond acceptors (Lipinski definition) is 4. The van der Waals surface area contributed by atoms with E-state index in [1.54, 1.807) is 12.1 Å². The molecule has 0 saturated carbocycles. The molecule has 1 aliphatic heterocycles. The number of aliphatic imine (C=N–C) groups is 1. The Bertz CT molecular complexity index is 775. The monoisotopic (exact) mass is 348 g/mol. The second-order valence-electron chi connectivity index (χ2n) is 5.01. The van der Waals surface area contributed by atoms with E-state index >= 15 is 0 Å². The highest BCUT2D eigenvalue weighted by Gasteiger charge is 2.14. The number of hydrogen-bond donors (Lipinski definition) is 1. The number of carbonyl (C=O) groups excluding carboxylic acids is 1. The SMILES string of the molecule is O=C(OCCNC1=NCc2ccccc21)c1ccc(Cl)c(Cl)c1. The Labute approximate surface area is 144 Å². The molecule has 1 heterocycles. The van der Waals surface area contributed by atoms with Crippen LogP contribution >= 0.6 is 23.2 Å². The summed E-state index contributed by atoms with van der Waals surface area (Å²) < 4.78 is 5.21. The Morgan fingerprint density at radius 3 is 2.83 bits per heavy atom. The van der Waals surface area contributed by atoms with Gasteiger partial charge in [-0.2, -0.15) is 0 Å². The maximum atomic E-state index is 11.9. The van der Waals surface area contributed by atoms with E-state index in [0.717, 1.165) is 11.4 Å². The van der Waals surface area contributed by atoms with E-state index in [2.05, 4.69) is 16.4 Å². The highest BCUT2D eigenvalue weighted by molar-refractivity contribution is 6.42. The van der Waals surface area contributed by atoms with Crippen molar-refractivity contribution in [1.29, 1.82) is 0 Å². The molecule has 2 aromatic rings. The van der Waals surface area contributed by atoms with E-state index in [9.17, 15) is 4.79 Å². The first kappa shape index (κ1) is 15.8. The predicted molar refractivity (Wildman–Crippen MR) is 91.4 cm³/mol. The van der Waals surface area contributed by atoms with E-state index in [0.29, 0.717) is 28.7 Å². The summed E-state index contributed by atoms with van der Waals surface area (Å²) in [5, 5.41) is 3.93. The minimum absolute atomic E-state index is 0.236. The largest absolute Gasteiger partial charge is 0.460 e. The summed E-state index contributed by atoms with van der Waals surface area (Å²) >= 11 is 11.7. The summed E-state index contributed by atoms with van der Waals surface area (Å²) in [7, 11) is 0. The molecule has 0 aliphatic carbocycles. The van der Waals surface area contributed by atoms with Crippen LogP contribution in [0, 0.1) is 0 Å². The number of rotatable bonds is 4. The van der Waals surface area contributed by atoms with Crippen molar-refractivity contribution in [2.24, 2.45) is 4.99 Å². The van der Waals surface area contributed by atoms with Gasteiger partial charge in [0.15, 0.2) is 0 Å². The Morgan fingerprint density at radius 2 is 2.00 bits per heavy atom. The summed E-state index contributed by atoms with van der Waals surface area (Å²) in [6.07, 6.45) is 0. The van der Waals surface area contributed by atoms with E-state index in [4.69, 9.17) is 27.9 Å². The second-order valence-corrected chi connectivity index (χ2v) is 5.83. The van der Waals surface area contributed by atoms with Crippen LogP contribution in [0.15, 0.2) is 47.5 Å². The number of esters is 1. The number of fused-ring (bicyclic) bond motifs is 1. The minimum atomic E-state index is -0.431. The molecule has 23 heavy (non-hydrogen) atoms. The van der Waals surface area contributed by atoms with Crippen LogP contribution in [0.5, 0.6) is 0 Å². The third kappa shape index (κ3) is 3.66. The van der Waals surface area contributed by atoms with Crippen LogP contribution in [0.2, 0.25) is 10.0 Å². The minimum Gasteiger partial charge on any atom is -0.460 e. The van der Waals surface area contributed by atoms with Crippen molar-refractivity contribution < 1.29 is 9.53 Å². The van der Waals surface area contributed by atoms with Gasteiger partial charge in [0.05, 0.1) is 28.7 Å². The number of carbonyl (C=O) groups is 1. The Hall–Kier alpha value is -2.04. The van der Waals surface area contributed by atoms with Gasteiger partial charge < -0.3 is 10.1 Å². The molecule has 0 unspecified atom stereocenters. The standard InChI is InChI=1S/C17H14Cl2N2O2/c18-14-6-5-11(9-15(14)19)17(22)23-8-7-20-16-13-4-2-1-3-12(13)10-21-16/h1-6,9H,7-8,10H2,(H,20,21). The normalized spacial score (nSPS) is 12.5. The lowest BCUT2D eigenvalue weighted by atomic mass is 10.1. The molecule has 0 saturated heterocycles. The van der Waals surface area contributed by atoms with Crippen molar-refractivity contribution >= 4 is 35.0 Å². The molecule has 1 aliphatic rings. The molecule has 6 heteroatoms. The molecule has 0 spiro atoms. The first-order chi connectivity index (χ1) is 11.1. The summed E-state index contributed by atoms with van der Waals surface area (Å²) in [5.74, 6) is 0.408. The maximum absolute atomic E-state index is 11.9. The average Bonchev–Trinajstić information content (AvgIpc) is 2.97. The fourth-order valence-electron chi connectivity index (χ4n) is 2.31. The van der Waals surface area contributed by atoms with Crippen LogP contribution < -0.4 is 5.32 Å². The van der Waals surface area contributed by atoms with E-state index in [-0.39, 0.29) is 6.61 Å². The molecule has 0 radical (unpaired) electrons. The van der Waals surface area contributed by atoms with Crippen LogP contribution in [0.4, 0.5) is 0 Å². The van der Waals surface area contributed by atoms with E-state index in [1.807, 2.05) is 18.2 Å². The molecule has 0 atom stereocenters. The smallest absolute Gasteiger partial charge is 0.338 e. The van der Waals surface area contributed by atoms with Gasteiger partial charge in [0.1, 0.15) is 12.4 Å². The lowest BCUT2D eigenvalue weighted by molar-refractivity contribution is 0.0513. The summed E-state index contributed by atoms with van der Waals surface area (Å²) in [6, 6.07) is 12.7. The van der Waals surface area contributed by atoms with Gasteiger partial charge in [-0.25, -0.2) is 4.79 Å². The fourth-order valence-corrected chi connectivity index (χ4v) is 2.61. The number of amidine groups is 1. The zero-order valence-electron chi connectivity index (χ0n) is 12.2. The zero-order chi connectivity index (χ0) is 16.2. The van der Waals surface area contributed by atoms with Crippen LogP contribution in [0.3, 0.4) is 0 Å². The quantitative estimate of drug-likeness (QED) is 0.676. The van der Waals surface area contributed by atoms with Gasteiger partial charge in [-0.1, -0.05) is 47.5 Å². The topological polar surface area (TPSA) is 50.7 Å². The lowest BCUT2D eigenvalue weighted by Crippen LogP contribution is -2.27. The van der Waals surface area contributed by atoms with Crippen molar-refractivity contribution in [3.63, 3.8) is 0 Å². The zero-order valence-corrected chi connectivity index (χ0v) is 13.7. The van der Waals surface area contributed by atoms with Gasteiger partial charge in [-0.15, -0.1) is 0 Å². The molecule has 0 amide bonds. The Kier molecular flexibility index (Phi) is 4.84. The Balaban J connectivity index is 1.49. The van der Waals surface area contributed by atoms with Gasteiger partial charge >= 0.3 is 5.97 Å². The lowest BCUT2D eigenvalue weighted by Gasteiger charge is -2.09. The van der Waals surface area contributed by atoms with Gasteiger partial charge in [0, 0.05) is 5.56 Å². The highest BCUT2D eigenvalue weighted by atomic mass is 35.5. The first-order valence-corrected chi connectivity index (χ1v) is 7.89. The molecule has 0 aromatic heterocycles. The average molecular weight is 349 g/mol. The predicted octanol–water partition coefficient (Wildman–Crippen LogP) is 3.70. The molecule has 2 aromatic carbocycles. The van der Waals surface area contributed by atoms with Crippen molar-refractivity contribution in [1.82, 2.24) is 5.32 Å². The highest BCUT2D eigenvalue weighted by Crippen LogP contribution is 2.23. The molecule has 3 rings (SSSR count). The van der Waals surface area contributed by atoms with Gasteiger partial charge in [0.2, 0.25) is 0 Å². The second kappa shape index (κ2) is 7.02. The van der Waals surface area contributed by atoms with Crippen LogP contribution in [0.1, 0.15) is 21.5 Å². The molecule has 118 valence electrons. The molecular weight excluding hydrogens is 335 g/mol. The van der Waals surface area contributed by atoms with Crippen LogP contribution in [-0.4, -0.2) is 25.0 Å². The fraction of sp³-hybridized carbons (Fsp3) is 0.176. The van der Waals surface area contributed by atoms with Crippen molar-refractivity contribution in [2.45, 2.75) is 6.54 Å². The molecule has 4 nitrogen and oxygen atoms in total. The van der Waals surface area contributed by atoms with Crippen molar-refractivity contribution in [3.8, 4) is 0 Å². The van der Waals surface area contributed by atoms with Gasteiger partial charge in [-0.3, -0.25) is 4.99 Å². The number of benzene rings is 2. The third-order valence-corrected chi connectivity index (χ3v) is 4.20. The van der Waals surface area contributed by atoms with Crippen molar-refractivity contribution in [3.05, 3.63) is 69.2 Å². The van der Waals surface area contributed by atoms with Gasteiger partial charge in [0.25, 0.3) is 0 Å². The summed E-state index contributed by atoms with van der Waals surface area (Å²) in [4.78, 5) is 16.4. The maximum Gasteiger partial charge on any atom is 0.338 e. The number of nitrogens with one attached hydrogen (secondary N) is 1. The summed E-state index contributed by atoms with van der Waals surface area (Å²) in [6.45, 7) is 1.40. The van der Waals surface area contributed by atoms with Crippen LogP contribution in [0.25, 0.3) is 0 Å². The van der Waals surface area contributed by atoms with Crippen LogP contribution in [-0.2, 0) is 11.3 Å². The molecule has 0 fully saturated rings. The molecule has 0 bridgehead atoms. The van der Waals surface area contributed by atoms with E-state index in [1.165, 1.54) is 11.6 Å². The first-order valence-electron chi connectivity index (χ1n) is 7.14.